The van der Waals surface area contributed by atoms with E-state index in [1.54, 1.807) is 20.8 Å². The molecule has 0 N–H and O–H groups in total. The number of benzene rings is 1. The molecule has 9 heteroatoms. The van der Waals surface area contributed by atoms with Crippen LogP contribution in [0.4, 0.5) is 16.2 Å². The van der Waals surface area contributed by atoms with Crippen molar-refractivity contribution in [1.82, 2.24) is 0 Å². The van der Waals surface area contributed by atoms with Gasteiger partial charge >= 0.3 is 6.09 Å². The highest BCUT2D eigenvalue weighted by atomic mass is 32.2. The molecule has 8 nitrogen and oxygen atoms in total. The number of carbonyl (C=O) groups excluding carboxylic acids is 1. The van der Waals surface area contributed by atoms with E-state index in [1.165, 1.54) is 12.1 Å². The molecular formula is C11H13N2O6S-. The summed E-state index contributed by atoms with van der Waals surface area (Å²) in [6, 6.07) is 4.99. The summed E-state index contributed by atoms with van der Waals surface area (Å²) in [6.07, 6.45) is -1.21. The number of rotatable bonds is 3. The Hall–Kier alpha value is -2.00. The standard InChI is InChI=1S/C11H14N2O6S/c1-11(2,3)19-10(14)12(20(17)18)8-6-4-5-7-9(8)13(15)16/h4-7H,1-3H3,(H,17,18)/p-1. The number of nitro groups is 1. The van der Waals surface area contributed by atoms with Gasteiger partial charge in [0.2, 0.25) is 0 Å². The first kappa shape index (κ1) is 16.1. The number of hydrogen-bond donors (Lipinski definition) is 0. The maximum atomic E-state index is 11.9. The monoisotopic (exact) mass is 301 g/mol. The molecule has 1 amide bonds. The van der Waals surface area contributed by atoms with Gasteiger partial charge in [-0.05, 0) is 26.8 Å². The normalized spacial score (nSPS) is 12.6. The average molecular weight is 301 g/mol. The van der Waals surface area contributed by atoms with Gasteiger partial charge in [-0.25, -0.2) is 4.79 Å². The van der Waals surface area contributed by atoms with Crippen molar-refractivity contribution in [2.75, 3.05) is 4.31 Å². The van der Waals surface area contributed by atoms with Crippen molar-refractivity contribution in [3.63, 3.8) is 0 Å². The van der Waals surface area contributed by atoms with E-state index in [9.17, 15) is 23.7 Å². The molecule has 0 aliphatic rings. The molecule has 1 atom stereocenters. The van der Waals surface area contributed by atoms with Gasteiger partial charge in [-0.2, -0.15) is 4.31 Å². The summed E-state index contributed by atoms with van der Waals surface area (Å²) < 4.78 is 27.5. The number of anilines is 1. The minimum atomic E-state index is -3.04. The Morgan fingerprint density at radius 3 is 2.35 bits per heavy atom. The number of para-hydroxylation sites is 2. The first-order chi connectivity index (χ1) is 9.13. The molecule has 1 aromatic carbocycles. The molecule has 0 spiro atoms. The van der Waals surface area contributed by atoms with Gasteiger partial charge in [0.1, 0.15) is 11.3 Å². The van der Waals surface area contributed by atoms with Gasteiger partial charge in [-0.15, -0.1) is 0 Å². The molecule has 0 aromatic heterocycles. The molecule has 0 saturated heterocycles. The van der Waals surface area contributed by atoms with Crippen LogP contribution in [0.5, 0.6) is 0 Å². The van der Waals surface area contributed by atoms with E-state index in [-0.39, 0.29) is 9.99 Å². The molecule has 1 unspecified atom stereocenters. The first-order valence-electron chi connectivity index (χ1n) is 5.49. The lowest BCUT2D eigenvalue weighted by Crippen LogP contribution is -2.38. The maximum absolute atomic E-state index is 11.9. The minimum absolute atomic E-state index is 0.212. The van der Waals surface area contributed by atoms with Crippen LogP contribution in [-0.2, 0) is 16.0 Å². The summed E-state index contributed by atoms with van der Waals surface area (Å²) in [7, 11) is 0. The van der Waals surface area contributed by atoms with Gasteiger partial charge in [0.25, 0.3) is 5.69 Å². The van der Waals surface area contributed by atoms with E-state index in [1.807, 2.05) is 0 Å². The zero-order valence-electron chi connectivity index (χ0n) is 11.1. The summed E-state index contributed by atoms with van der Waals surface area (Å²) >= 11 is -3.04. The Bertz CT molecular complexity index is 554. The van der Waals surface area contributed by atoms with Crippen molar-refractivity contribution in [1.29, 1.82) is 0 Å². The molecule has 0 aliphatic carbocycles. The van der Waals surface area contributed by atoms with Crippen LogP contribution in [0.1, 0.15) is 20.8 Å². The predicted octanol–water partition coefficient (Wildman–Crippen LogP) is 2.13. The third-order valence-corrected chi connectivity index (χ3v) is 2.65. The van der Waals surface area contributed by atoms with Crippen molar-refractivity contribution in [2.24, 2.45) is 0 Å². The SMILES string of the molecule is CC(C)(C)OC(=O)N(c1ccccc1[N+](=O)[O-])S(=O)[O-]. The summed E-state index contributed by atoms with van der Waals surface area (Å²) in [5.41, 5.74) is -1.82. The third kappa shape index (κ3) is 4.00. The molecule has 0 bridgehead atoms. The Kier molecular flexibility index (Phi) is 4.79. The molecule has 0 radical (unpaired) electrons. The van der Waals surface area contributed by atoms with E-state index < -0.39 is 33.6 Å². The van der Waals surface area contributed by atoms with Crippen LogP contribution >= 0.6 is 0 Å². The van der Waals surface area contributed by atoms with Crippen molar-refractivity contribution >= 4 is 28.7 Å². The molecule has 1 aromatic rings. The summed E-state index contributed by atoms with van der Waals surface area (Å²) in [6.45, 7) is 4.66. The number of nitro benzene ring substituents is 1. The van der Waals surface area contributed by atoms with Crippen LogP contribution in [0.2, 0.25) is 0 Å². The third-order valence-electron chi connectivity index (χ3n) is 2.01. The largest absolute Gasteiger partial charge is 0.755 e. The number of nitrogens with zero attached hydrogens (tertiary/aromatic N) is 2. The molecule has 0 aliphatic heterocycles. The van der Waals surface area contributed by atoms with Crippen molar-refractivity contribution in [3.8, 4) is 0 Å². The van der Waals surface area contributed by atoms with Gasteiger partial charge in [-0.1, -0.05) is 12.1 Å². The summed E-state index contributed by atoms with van der Waals surface area (Å²) in [5, 5.41) is 10.9. The second-order valence-electron chi connectivity index (χ2n) is 4.74. The number of carbonyl (C=O) groups is 1. The van der Waals surface area contributed by atoms with E-state index in [0.29, 0.717) is 0 Å². The summed E-state index contributed by atoms with van der Waals surface area (Å²) in [4.78, 5) is 22.0. The lowest BCUT2D eigenvalue weighted by Gasteiger charge is -2.27. The highest BCUT2D eigenvalue weighted by Gasteiger charge is 2.29. The van der Waals surface area contributed by atoms with Crippen molar-refractivity contribution in [2.45, 2.75) is 26.4 Å². The number of amides is 1. The van der Waals surface area contributed by atoms with Gasteiger partial charge in [0, 0.05) is 6.07 Å². The van der Waals surface area contributed by atoms with E-state index in [0.717, 1.165) is 12.1 Å². The zero-order chi connectivity index (χ0) is 15.5. The Labute approximate surface area is 117 Å². The minimum Gasteiger partial charge on any atom is -0.755 e. The zero-order valence-corrected chi connectivity index (χ0v) is 11.9. The summed E-state index contributed by atoms with van der Waals surface area (Å²) in [5.74, 6) is 0. The fourth-order valence-corrected chi connectivity index (χ4v) is 1.81. The van der Waals surface area contributed by atoms with Crippen LogP contribution in [0.25, 0.3) is 0 Å². The van der Waals surface area contributed by atoms with Gasteiger partial charge < -0.3 is 9.29 Å². The Morgan fingerprint density at radius 2 is 1.90 bits per heavy atom. The lowest BCUT2D eigenvalue weighted by atomic mass is 10.2. The molecule has 0 fully saturated rings. The van der Waals surface area contributed by atoms with Crippen LogP contribution in [0.15, 0.2) is 24.3 Å². The van der Waals surface area contributed by atoms with Crippen LogP contribution in [-0.4, -0.2) is 25.4 Å². The predicted molar refractivity (Wildman–Crippen MR) is 70.7 cm³/mol. The van der Waals surface area contributed by atoms with Crippen LogP contribution in [0.3, 0.4) is 0 Å². The quantitative estimate of drug-likeness (QED) is 0.480. The Morgan fingerprint density at radius 1 is 1.35 bits per heavy atom. The molecule has 1 rings (SSSR count). The molecule has 110 valence electrons. The topological polar surface area (TPSA) is 113 Å². The highest BCUT2D eigenvalue weighted by molar-refractivity contribution is 7.81. The van der Waals surface area contributed by atoms with Crippen molar-refractivity contribution in [3.05, 3.63) is 34.4 Å². The Balaban J connectivity index is 3.26. The number of hydrogen-bond acceptors (Lipinski definition) is 6. The smallest absolute Gasteiger partial charge is 0.426 e. The lowest BCUT2D eigenvalue weighted by molar-refractivity contribution is -0.384. The van der Waals surface area contributed by atoms with Gasteiger partial charge in [-0.3, -0.25) is 14.3 Å². The molecule has 0 saturated carbocycles. The second kappa shape index (κ2) is 5.97. The van der Waals surface area contributed by atoms with E-state index in [2.05, 4.69) is 0 Å². The highest BCUT2D eigenvalue weighted by Crippen LogP contribution is 2.29. The molecular weight excluding hydrogens is 288 g/mol. The second-order valence-corrected chi connectivity index (χ2v) is 5.54. The fraction of sp³-hybridized carbons (Fsp3) is 0.364. The van der Waals surface area contributed by atoms with Crippen molar-refractivity contribution < 1.29 is 23.2 Å². The fourth-order valence-electron chi connectivity index (χ4n) is 1.33. The molecule has 20 heavy (non-hydrogen) atoms. The van der Waals surface area contributed by atoms with Gasteiger partial charge in [0.15, 0.2) is 0 Å². The van der Waals surface area contributed by atoms with E-state index >= 15 is 0 Å². The number of ether oxygens (including phenoxy) is 1. The molecule has 0 heterocycles. The first-order valence-corrected chi connectivity index (χ1v) is 6.52. The van der Waals surface area contributed by atoms with E-state index in [4.69, 9.17) is 4.74 Å². The van der Waals surface area contributed by atoms with Crippen LogP contribution in [0, 0.1) is 10.1 Å². The average Bonchev–Trinajstić information content (AvgIpc) is 2.26. The maximum Gasteiger partial charge on any atom is 0.426 e. The van der Waals surface area contributed by atoms with Crippen LogP contribution < -0.4 is 4.31 Å². The van der Waals surface area contributed by atoms with Gasteiger partial charge in [0.05, 0.1) is 16.2 Å².